The van der Waals surface area contributed by atoms with E-state index in [1.54, 1.807) is 37.3 Å². The van der Waals surface area contributed by atoms with E-state index in [1.807, 2.05) is 25.1 Å². The number of pyridine rings is 1. The van der Waals surface area contributed by atoms with Gasteiger partial charge in [0.2, 0.25) is 10.0 Å². The molecule has 0 saturated heterocycles. The quantitative estimate of drug-likeness (QED) is 0.647. The van der Waals surface area contributed by atoms with Crippen molar-refractivity contribution in [1.82, 2.24) is 9.29 Å². The molecule has 3 aromatic rings. The first-order valence-electron chi connectivity index (χ1n) is 9.22. The molecule has 6 nitrogen and oxygen atoms in total. The molecule has 0 aliphatic carbocycles. The third kappa shape index (κ3) is 4.93. The number of methoxy groups -OCH3 is 1. The molecule has 0 radical (unpaired) electrons. The minimum absolute atomic E-state index is 0.106. The number of ether oxygens (including phenoxy) is 1. The van der Waals surface area contributed by atoms with Crippen LogP contribution >= 0.6 is 0 Å². The lowest BCUT2D eigenvalue weighted by atomic mass is 10.0. The zero-order chi connectivity index (χ0) is 21.0. The van der Waals surface area contributed by atoms with E-state index >= 15 is 0 Å². The number of rotatable bonds is 7. The van der Waals surface area contributed by atoms with Crippen LogP contribution in [-0.2, 0) is 16.6 Å². The van der Waals surface area contributed by atoms with Crippen molar-refractivity contribution in [3.8, 4) is 16.9 Å². The molecule has 0 saturated carbocycles. The molecule has 152 valence electrons. The van der Waals surface area contributed by atoms with E-state index in [-0.39, 0.29) is 23.5 Å². The Morgan fingerprint density at radius 3 is 2.31 bits per heavy atom. The molecule has 0 bridgehead atoms. The lowest BCUT2D eigenvalue weighted by Gasteiger charge is -2.12. The van der Waals surface area contributed by atoms with Crippen LogP contribution in [-0.4, -0.2) is 26.6 Å². The second-order valence-corrected chi connectivity index (χ2v) is 8.59. The zero-order valence-electron chi connectivity index (χ0n) is 16.7. The maximum absolute atomic E-state index is 12.6. The average molecular weight is 413 g/mol. The lowest BCUT2D eigenvalue weighted by molar-refractivity contribution is 0.411. The summed E-state index contributed by atoms with van der Waals surface area (Å²) in [6.45, 7) is 4.13. The predicted octanol–water partition coefficient (Wildman–Crippen LogP) is 3.12. The van der Waals surface area contributed by atoms with E-state index in [0.29, 0.717) is 11.4 Å². The highest BCUT2D eigenvalue weighted by Gasteiger charge is 2.14. The Hall–Kier alpha value is -2.90. The first-order chi connectivity index (χ1) is 13.8. The van der Waals surface area contributed by atoms with Gasteiger partial charge in [-0.3, -0.25) is 4.79 Å². The summed E-state index contributed by atoms with van der Waals surface area (Å²) in [5.74, 6) is 0.484. The van der Waals surface area contributed by atoms with Crippen molar-refractivity contribution in [2.45, 2.75) is 25.3 Å². The Kier molecular flexibility index (Phi) is 6.20. The van der Waals surface area contributed by atoms with Crippen LogP contribution in [0.5, 0.6) is 5.75 Å². The van der Waals surface area contributed by atoms with E-state index in [4.69, 9.17) is 4.74 Å². The van der Waals surface area contributed by atoms with Crippen LogP contribution in [0.15, 0.2) is 70.4 Å². The topological polar surface area (TPSA) is 77.4 Å². The van der Waals surface area contributed by atoms with Gasteiger partial charge in [0.15, 0.2) is 0 Å². The lowest BCUT2D eigenvalue weighted by Crippen LogP contribution is -2.31. The Bertz CT molecular complexity index is 1170. The van der Waals surface area contributed by atoms with Crippen LogP contribution in [0.25, 0.3) is 11.1 Å². The Morgan fingerprint density at radius 2 is 1.69 bits per heavy atom. The van der Waals surface area contributed by atoms with Gasteiger partial charge in [-0.2, -0.15) is 0 Å². The van der Waals surface area contributed by atoms with Crippen LogP contribution < -0.4 is 15.0 Å². The molecule has 0 unspecified atom stereocenters. The van der Waals surface area contributed by atoms with Crippen LogP contribution in [0, 0.1) is 13.8 Å². The Labute approximate surface area is 170 Å². The summed E-state index contributed by atoms with van der Waals surface area (Å²) >= 11 is 0. The van der Waals surface area contributed by atoms with E-state index < -0.39 is 10.0 Å². The summed E-state index contributed by atoms with van der Waals surface area (Å²) in [4.78, 5) is 12.3. The van der Waals surface area contributed by atoms with E-state index in [2.05, 4.69) is 10.8 Å². The standard InChI is InChI=1S/C22H24N2O4S/c1-16-5-4-6-19(13-16)18-7-9-21(10-8-18)29(26,27)23-11-12-24-17(2)14-20(28-3)15-22(24)25/h4-10,13-15,23H,11-12H2,1-3H3. The largest absolute Gasteiger partial charge is 0.496 e. The highest BCUT2D eigenvalue weighted by molar-refractivity contribution is 7.89. The van der Waals surface area contributed by atoms with Crippen molar-refractivity contribution in [3.05, 3.63) is 82.3 Å². The van der Waals surface area contributed by atoms with Gasteiger partial charge in [-0.05, 0) is 43.2 Å². The predicted molar refractivity (Wildman–Crippen MR) is 114 cm³/mol. The maximum Gasteiger partial charge on any atom is 0.254 e. The number of hydrogen-bond donors (Lipinski definition) is 1. The molecule has 29 heavy (non-hydrogen) atoms. The normalized spacial score (nSPS) is 11.4. The molecule has 0 aliphatic heterocycles. The molecular formula is C22H24N2O4S. The highest BCUT2D eigenvalue weighted by Crippen LogP contribution is 2.22. The molecular weight excluding hydrogens is 388 g/mol. The summed E-state index contributed by atoms with van der Waals surface area (Å²) in [6, 6.07) is 17.9. The van der Waals surface area contributed by atoms with Gasteiger partial charge in [0.25, 0.3) is 5.56 Å². The summed E-state index contributed by atoms with van der Waals surface area (Å²) in [5.41, 5.74) is 3.61. The van der Waals surface area contributed by atoms with Gasteiger partial charge in [0.05, 0.1) is 12.0 Å². The zero-order valence-corrected chi connectivity index (χ0v) is 17.5. The number of aromatic nitrogens is 1. The monoisotopic (exact) mass is 412 g/mol. The number of nitrogens with zero attached hydrogens (tertiary/aromatic N) is 1. The summed E-state index contributed by atoms with van der Waals surface area (Å²) in [6.07, 6.45) is 0. The average Bonchev–Trinajstić information content (AvgIpc) is 2.70. The molecule has 1 N–H and O–H groups in total. The van der Waals surface area contributed by atoms with Crippen molar-refractivity contribution in [2.24, 2.45) is 0 Å². The van der Waals surface area contributed by atoms with Gasteiger partial charge in [-0.25, -0.2) is 13.1 Å². The number of nitrogens with one attached hydrogen (secondary N) is 1. The van der Waals surface area contributed by atoms with Crippen molar-refractivity contribution < 1.29 is 13.2 Å². The molecule has 0 fully saturated rings. The maximum atomic E-state index is 12.6. The second-order valence-electron chi connectivity index (χ2n) is 6.82. The van der Waals surface area contributed by atoms with Crippen molar-refractivity contribution >= 4 is 10.0 Å². The first-order valence-corrected chi connectivity index (χ1v) is 10.7. The van der Waals surface area contributed by atoms with Gasteiger partial charge in [0, 0.05) is 24.8 Å². The Balaban J connectivity index is 1.69. The minimum atomic E-state index is -3.67. The summed E-state index contributed by atoms with van der Waals surface area (Å²) in [5, 5.41) is 0. The molecule has 3 rings (SSSR count). The number of benzene rings is 2. The molecule has 0 spiro atoms. The second kappa shape index (κ2) is 8.63. The smallest absolute Gasteiger partial charge is 0.254 e. The molecule has 1 heterocycles. The fraction of sp³-hybridized carbons (Fsp3) is 0.227. The van der Waals surface area contributed by atoms with Gasteiger partial charge in [0.1, 0.15) is 5.75 Å². The molecule has 1 aromatic heterocycles. The van der Waals surface area contributed by atoms with Gasteiger partial charge in [-0.1, -0.05) is 42.0 Å². The van der Waals surface area contributed by atoms with Gasteiger partial charge < -0.3 is 9.30 Å². The minimum Gasteiger partial charge on any atom is -0.496 e. The van der Waals surface area contributed by atoms with Gasteiger partial charge >= 0.3 is 0 Å². The molecule has 0 atom stereocenters. The fourth-order valence-corrected chi connectivity index (χ4v) is 4.15. The number of aryl methyl sites for hydroxylation is 2. The van der Waals surface area contributed by atoms with E-state index in [9.17, 15) is 13.2 Å². The van der Waals surface area contributed by atoms with E-state index in [0.717, 1.165) is 16.7 Å². The number of hydrogen-bond acceptors (Lipinski definition) is 4. The van der Waals surface area contributed by atoms with Crippen LogP contribution in [0.1, 0.15) is 11.3 Å². The van der Waals surface area contributed by atoms with Crippen LogP contribution in [0.2, 0.25) is 0 Å². The fourth-order valence-electron chi connectivity index (χ4n) is 3.13. The van der Waals surface area contributed by atoms with Gasteiger partial charge in [-0.15, -0.1) is 0 Å². The molecule has 7 heteroatoms. The molecule has 2 aromatic carbocycles. The van der Waals surface area contributed by atoms with E-state index in [1.165, 1.54) is 17.7 Å². The molecule has 0 amide bonds. The summed E-state index contributed by atoms with van der Waals surface area (Å²) < 4.78 is 34.3. The Morgan fingerprint density at radius 1 is 0.966 bits per heavy atom. The molecule has 0 aliphatic rings. The van der Waals surface area contributed by atoms with Crippen molar-refractivity contribution in [3.63, 3.8) is 0 Å². The third-order valence-electron chi connectivity index (χ3n) is 4.69. The summed E-state index contributed by atoms with van der Waals surface area (Å²) in [7, 11) is -2.17. The van der Waals surface area contributed by atoms with Crippen molar-refractivity contribution in [2.75, 3.05) is 13.7 Å². The third-order valence-corrected chi connectivity index (χ3v) is 6.16. The first kappa shape index (κ1) is 20.8. The number of sulfonamides is 1. The highest BCUT2D eigenvalue weighted by atomic mass is 32.2. The van der Waals surface area contributed by atoms with Crippen molar-refractivity contribution in [1.29, 1.82) is 0 Å². The van der Waals surface area contributed by atoms with Crippen LogP contribution in [0.3, 0.4) is 0 Å². The van der Waals surface area contributed by atoms with Crippen LogP contribution in [0.4, 0.5) is 0 Å². The SMILES string of the molecule is COc1cc(C)n(CCNS(=O)(=O)c2ccc(-c3cccc(C)c3)cc2)c(=O)c1.